The summed E-state index contributed by atoms with van der Waals surface area (Å²) in [6, 6.07) is -2.21. The van der Waals surface area contributed by atoms with Crippen LogP contribution in [0.15, 0.2) is 0 Å². The van der Waals surface area contributed by atoms with Gasteiger partial charge in [-0.2, -0.15) is 0 Å². The maximum atomic E-state index is 13.5. The molecule has 0 aromatic carbocycles. The van der Waals surface area contributed by atoms with Gasteiger partial charge in [-0.15, -0.1) is 0 Å². The second-order valence-electron chi connectivity index (χ2n) is 12.7. The van der Waals surface area contributed by atoms with Crippen molar-refractivity contribution in [3.05, 3.63) is 0 Å². The average Bonchev–Trinajstić information content (AvgIpc) is 3.26. The molecule has 0 aromatic rings. The molecule has 1 aliphatic carbocycles. The van der Waals surface area contributed by atoms with Gasteiger partial charge in [0.1, 0.15) is 15.9 Å². The zero-order chi connectivity index (χ0) is 32.4. The minimum Gasteiger partial charge on any atom is -0.349 e. The summed E-state index contributed by atoms with van der Waals surface area (Å²) in [7, 11) is -2.99. The van der Waals surface area contributed by atoms with E-state index >= 15 is 0 Å². The molecule has 2 aliphatic rings. The van der Waals surface area contributed by atoms with Crippen molar-refractivity contribution in [2.75, 3.05) is 32.4 Å². The molecule has 1 saturated carbocycles. The zero-order valence-electron chi connectivity index (χ0n) is 26.8. The number of ketones is 1. The van der Waals surface area contributed by atoms with E-state index in [-0.39, 0.29) is 35.0 Å². The van der Waals surface area contributed by atoms with Crippen LogP contribution in [-0.2, 0) is 29.0 Å². The summed E-state index contributed by atoms with van der Waals surface area (Å²) in [6.07, 6.45) is 7.90. The monoisotopic (exact) mass is 627 g/mol. The van der Waals surface area contributed by atoms with Crippen molar-refractivity contribution < 1.29 is 32.4 Å². The van der Waals surface area contributed by atoms with Gasteiger partial charge in [0.15, 0.2) is 0 Å². The number of hydrogen-bond donors (Lipinski definition) is 4. The van der Waals surface area contributed by atoms with Gasteiger partial charge in [0.05, 0.1) is 17.8 Å². The smallest absolute Gasteiger partial charge is 0.315 e. The molecule has 2 fully saturated rings. The van der Waals surface area contributed by atoms with Crippen LogP contribution in [0.1, 0.15) is 92.4 Å². The predicted octanol–water partition coefficient (Wildman–Crippen LogP) is 1.92. The highest BCUT2D eigenvalue weighted by Gasteiger charge is 2.69. The van der Waals surface area contributed by atoms with E-state index in [9.17, 15) is 32.4 Å². The van der Waals surface area contributed by atoms with Crippen molar-refractivity contribution in [1.82, 2.24) is 26.2 Å². The quantitative estimate of drug-likeness (QED) is 0.125. The highest BCUT2D eigenvalue weighted by Crippen LogP contribution is 2.64. The van der Waals surface area contributed by atoms with Crippen LogP contribution in [0.3, 0.4) is 0 Å². The van der Waals surface area contributed by atoms with E-state index in [4.69, 9.17) is 0 Å². The second-order valence-corrected chi connectivity index (χ2v) is 15.2. The van der Waals surface area contributed by atoms with Crippen LogP contribution < -0.4 is 21.3 Å². The normalized spacial score (nSPS) is 21.7. The van der Waals surface area contributed by atoms with Crippen LogP contribution in [-0.4, -0.2) is 92.6 Å². The number of carbonyl (C=O) groups excluding carboxylic acids is 5. The van der Waals surface area contributed by atoms with Crippen LogP contribution in [0.5, 0.6) is 0 Å². The van der Waals surface area contributed by atoms with Crippen molar-refractivity contribution in [2.24, 2.45) is 17.3 Å². The third kappa shape index (κ3) is 10.5. The lowest BCUT2D eigenvalue weighted by molar-refractivity contribution is -0.143. The average molecular weight is 628 g/mol. The molecule has 246 valence electrons. The van der Waals surface area contributed by atoms with E-state index < -0.39 is 45.5 Å². The number of rotatable bonds is 19. The molecule has 4 N–H and O–H groups in total. The molecule has 12 nitrogen and oxygen atoms in total. The van der Waals surface area contributed by atoms with E-state index in [2.05, 4.69) is 35.1 Å². The fraction of sp³-hybridized carbons (Fsp3) is 0.833. The Bertz CT molecular complexity index is 1110. The Morgan fingerprint density at radius 1 is 0.884 bits per heavy atom. The number of urea groups is 1. The summed E-state index contributed by atoms with van der Waals surface area (Å²) in [4.78, 5) is 65.4. The van der Waals surface area contributed by atoms with E-state index in [1.165, 1.54) is 11.2 Å². The number of Topliss-reactive ketones (excluding diaryl/α,β-unsaturated/α-hetero) is 1. The number of nitrogens with zero attached hydrogens (tertiary/aromatic N) is 1. The predicted molar refractivity (Wildman–Crippen MR) is 165 cm³/mol. The fourth-order valence-corrected chi connectivity index (χ4v) is 6.56. The molecule has 0 aromatic heterocycles. The number of amides is 5. The maximum Gasteiger partial charge on any atom is 0.315 e. The molecule has 5 amide bonds. The molecular formula is C30H53N5O7S. The molecule has 43 heavy (non-hydrogen) atoms. The molecule has 1 heterocycles. The number of hydrogen-bond acceptors (Lipinski definition) is 7. The Hall–Kier alpha value is -2.70. The molecule has 3 unspecified atom stereocenters. The lowest BCUT2D eigenvalue weighted by atomic mass is 9.99. The number of nitrogens with one attached hydrogen (secondary N) is 4. The third-order valence-corrected chi connectivity index (χ3v) is 10.7. The third-order valence-electron chi connectivity index (χ3n) is 8.97. The Balaban J connectivity index is 1.81. The van der Waals surface area contributed by atoms with Crippen molar-refractivity contribution in [2.45, 2.75) is 110 Å². The molecule has 1 saturated heterocycles. The molecule has 5 atom stereocenters. The first-order valence-electron chi connectivity index (χ1n) is 15.8. The first-order chi connectivity index (χ1) is 20.2. The van der Waals surface area contributed by atoms with Crippen LogP contribution in [0.25, 0.3) is 0 Å². The number of carbonyl (C=O) groups is 5. The lowest BCUT2D eigenvalue weighted by Gasteiger charge is -2.31. The van der Waals surface area contributed by atoms with E-state index in [1.807, 2.05) is 13.8 Å². The van der Waals surface area contributed by atoms with Gasteiger partial charge >= 0.3 is 6.03 Å². The summed E-state index contributed by atoms with van der Waals surface area (Å²) in [5.74, 6) is -2.16. The van der Waals surface area contributed by atoms with Gasteiger partial charge in [0.2, 0.25) is 17.6 Å². The highest BCUT2D eigenvalue weighted by atomic mass is 32.2. The minimum atomic E-state index is -2.99. The van der Waals surface area contributed by atoms with Gasteiger partial charge < -0.3 is 26.2 Å². The number of likely N-dealkylation sites (tertiary alicyclic amines) is 1. The van der Waals surface area contributed by atoms with Gasteiger partial charge in [0, 0.05) is 25.9 Å². The summed E-state index contributed by atoms with van der Waals surface area (Å²) < 4.78 is 23.0. The van der Waals surface area contributed by atoms with Crippen molar-refractivity contribution in [3.63, 3.8) is 0 Å². The SMILES string of the molecule is CCCNC(=O)C(=O)C(CCC)NC(=O)[C@@H]1C2C(CN1C(=O)CNC(=O)NCCCCCCC[C@@H](C)S(C)(=O)=O)C2(C)C. The van der Waals surface area contributed by atoms with Crippen LogP contribution >= 0.6 is 0 Å². The number of unbranched alkanes of at least 4 members (excludes halogenated alkanes) is 4. The van der Waals surface area contributed by atoms with Gasteiger partial charge in [-0.25, -0.2) is 13.2 Å². The van der Waals surface area contributed by atoms with Crippen molar-refractivity contribution in [3.8, 4) is 0 Å². The Labute approximate surface area is 257 Å². The lowest BCUT2D eigenvalue weighted by Crippen LogP contribution is -2.56. The summed E-state index contributed by atoms with van der Waals surface area (Å²) in [6.45, 7) is 10.5. The standard InChI is InChI=1S/C30H53N5O7S/c1-7-14-22(26(37)28(39)31-16-8-2)34-27(38)25-24-21(30(24,4)5)19-35(25)23(36)18-33-29(40)32-17-13-11-9-10-12-15-20(3)43(6,41)42/h20-22,24-25H,7-19H2,1-6H3,(H,31,39)(H,34,38)(H2,32,33,40)/t20-,21?,22?,24?,25+/m1/s1. The fourth-order valence-electron chi connectivity index (χ4n) is 5.96. The largest absolute Gasteiger partial charge is 0.349 e. The summed E-state index contributed by atoms with van der Waals surface area (Å²) in [5, 5.41) is 10.3. The van der Waals surface area contributed by atoms with Crippen molar-refractivity contribution in [1.29, 1.82) is 0 Å². The van der Waals surface area contributed by atoms with Crippen LogP contribution in [0.2, 0.25) is 0 Å². The number of piperidine rings is 1. The van der Waals surface area contributed by atoms with Gasteiger partial charge in [0.25, 0.3) is 5.91 Å². The topological polar surface area (TPSA) is 171 Å². The molecule has 0 radical (unpaired) electrons. The molecular weight excluding hydrogens is 574 g/mol. The summed E-state index contributed by atoms with van der Waals surface area (Å²) in [5.41, 5.74) is -0.127. The zero-order valence-corrected chi connectivity index (χ0v) is 27.6. The molecule has 0 bridgehead atoms. The first-order valence-corrected chi connectivity index (χ1v) is 17.7. The molecule has 0 spiro atoms. The molecule has 1 aliphatic heterocycles. The number of fused-ring (bicyclic) bond motifs is 1. The van der Waals surface area contributed by atoms with E-state index in [0.717, 1.165) is 32.1 Å². The Morgan fingerprint density at radius 3 is 2.16 bits per heavy atom. The molecule has 2 rings (SSSR count). The minimum absolute atomic E-state index is 0.0637. The molecule has 13 heteroatoms. The van der Waals surface area contributed by atoms with E-state index in [0.29, 0.717) is 45.3 Å². The Kier molecular flexibility index (Phi) is 13.9. The Morgan fingerprint density at radius 2 is 1.53 bits per heavy atom. The highest BCUT2D eigenvalue weighted by molar-refractivity contribution is 7.91. The van der Waals surface area contributed by atoms with Crippen LogP contribution in [0.4, 0.5) is 4.79 Å². The first kappa shape index (κ1) is 36.5. The summed E-state index contributed by atoms with van der Waals surface area (Å²) >= 11 is 0. The van der Waals surface area contributed by atoms with Gasteiger partial charge in [-0.05, 0) is 49.9 Å². The number of sulfone groups is 1. The van der Waals surface area contributed by atoms with E-state index in [1.54, 1.807) is 6.92 Å². The van der Waals surface area contributed by atoms with Gasteiger partial charge in [-0.1, -0.05) is 59.8 Å². The van der Waals surface area contributed by atoms with Gasteiger partial charge in [-0.3, -0.25) is 19.2 Å². The maximum absolute atomic E-state index is 13.5. The van der Waals surface area contributed by atoms with Crippen LogP contribution in [0, 0.1) is 17.3 Å². The van der Waals surface area contributed by atoms with Crippen molar-refractivity contribution >= 4 is 39.4 Å². The second kappa shape index (κ2) is 16.4.